The lowest BCUT2D eigenvalue weighted by molar-refractivity contribution is -0.975. The Morgan fingerprint density at radius 2 is 1.47 bits per heavy atom. The van der Waals surface area contributed by atoms with Crippen LogP contribution in [0.25, 0.3) is 0 Å². The van der Waals surface area contributed by atoms with Crippen LogP contribution in [0, 0.1) is 0 Å². The maximum atomic E-state index is 5.61. The highest BCUT2D eigenvalue weighted by atomic mass is 35.5. The maximum Gasteiger partial charge on any atom is 0.139 e. The Morgan fingerprint density at radius 1 is 1.00 bits per heavy atom. The SMILES string of the molecule is Cl.Cl/C=C/C[N+]12CN3CN(CN(C3)C1)C2. The van der Waals surface area contributed by atoms with E-state index in [1.54, 1.807) is 5.54 Å². The third-order valence-electron chi connectivity index (χ3n) is 3.28. The Morgan fingerprint density at radius 3 is 1.87 bits per heavy atom. The fraction of sp³-hybridized carbons (Fsp3) is 0.778. The molecule has 4 bridgehead atoms. The van der Waals surface area contributed by atoms with Crippen molar-refractivity contribution in [3.8, 4) is 0 Å². The summed E-state index contributed by atoms with van der Waals surface area (Å²) in [7, 11) is 0. The zero-order valence-corrected chi connectivity index (χ0v) is 10.3. The zero-order chi connectivity index (χ0) is 9.60. The molecule has 4 nitrogen and oxygen atoms in total. The molecule has 4 aliphatic rings. The minimum atomic E-state index is 0. The van der Waals surface area contributed by atoms with E-state index in [0.29, 0.717) is 0 Å². The molecule has 0 N–H and O–H groups in total. The van der Waals surface area contributed by atoms with Gasteiger partial charge in [0, 0.05) is 5.54 Å². The second-order valence-corrected chi connectivity index (χ2v) is 5.00. The Labute approximate surface area is 102 Å². The van der Waals surface area contributed by atoms with Gasteiger partial charge in [0.2, 0.25) is 0 Å². The lowest BCUT2D eigenvalue weighted by Gasteiger charge is -2.60. The molecule has 0 atom stereocenters. The second-order valence-electron chi connectivity index (χ2n) is 4.75. The second kappa shape index (κ2) is 4.20. The van der Waals surface area contributed by atoms with E-state index in [0.717, 1.165) is 31.0 Å². The van der Waals surface area contributed by atoms with E-state index in [1.807, 2.05) is 0 Å². The summed E-state index contributed by atoms with van der Waals surface area (Å²) in [6.07, 6.45) is 2.08. The summed E-state index contributed by atoms with van der Waals surface area (Å²) < 4.78 is 1.14. The van der Waals surface area contributed by atoms with Crippen LogP contribution in [0.3, 0.4) is 0 Å². The molecule has 4 rings (SSSR count). The van der Waals surface area contributed by atoms with Crippen LogP contribution in [0.4, 0.5) is 0 Å². The summed E-state index contributed by atoms with van der Waals surface area (Å²) >= 11 is 5.61. The molecule has 0 spiro atoms. The van der Waals surface area contributed by atoms with Crippen molar-refractivity contribution in [2.75, 3.05) is 46.6 Å². The predicted octanol–water partition coefficient (Wildman–Crippen LogP) is 0.669. The van der Waals surface area contributed by atoms with E-state index in [4.69, 9.17) is 11.6 Å². The molecule has 0 unspecified atom stereocenters. The quantitative estimate of drug-likeness (QED) is 0.669. The molecule has 0 aromatic carbocycles. The molecule has 0 saturated carbocycles. The van der Waals surface area contributed by atoms with Gasteiger partial charge in [-0.15, -0.1) is 12.4 Å². The lowest BCUT2D eigenvalue weighted by atomic mass is 10.3. The van der Waals surface area contributed by atoms with Crippen LogP contribution in [0.1, 0.15) is 0 Å². The van der Waals surface area contributed by atoms with Crippen molar-refractivity contribution < 1.29 is 4.48 Å². The maximum absolute atomic E-state index is 5.61. The van der Waals surface area contributed by atoms with E-state index in [1.165, 1.54) is 20.0 Å². The molecule has 4 aliphatic heterocycles. The molecule has 4 fully saturated rings. The van der Waals surface area contributed by atoms with Gasteiger partial charge in [-0.25, -0.2) is 14.7 Å². The summed E-state index contributed by atoms with van der Waals surface area (Å²) in [5.41, 5.74) is 1.65. The van der Waals surface area contributed by atoms with Crippen LogP contribution < -0.4 is 0 Å². The Kier molecular flexibility index (Phi) is 3.26. The standard InChI is InChI=1S/C9H16ClN4.ClH/c10-2-1-3-14-7-11-4-12(8-14)6-13(5-11)9-14;/h1-2H,3-9H2;1H/q+1;/b2-1+;. The molecular formula is C9H17Cl2N4+. The van der Waals surface area contributed by atoms with Gasteiger partial charge in [-0.1, -0.05) is 11.6 Å². The van der Waals surface area contributed by atoms with Crippen molar-refractivity contribution in [2.24, 2.45) is 0 Å². The zero-order valence-electron chi connectivity index (χ0n) is 8.68. The van der Waals surface area contributed by atoms with Crippen LogP contribution in [-0.2, 0) is 0 Å². The minimum absolute atomic E-state index is 0. The monoisotopic (exact) mass is 251 g/mol. The first-order valence-electron chi connectivity index (χ1n) is 5.07. The van der Waals surface area contributed by atoms with E-state index in [-0.39, 0.29) is 12.4 Å². The first-order chi connectivity index (χ1) is 6.80. The number of rotatable bonds is 2. The van der Waals surface area contributed by atoms with Crippen molar-refractivity contribution >= 4 is 24.0 Å². The van der Waals surface area contributed by atoms with Crippen LogP contribution in [-0.4, -0.2) is 65.7 Å². The van der Waals surface area contributed by atoms with Crippen molar-refractivity contribution in [2.45, 2.75) is 0 Å². The Bertz CT molecular complexity index is 234. The summed E-state index contributed by atoms with van der Waals surface area (Å²) in [5, 5.41) is 0. The highest BCUT2D eigenvalue weighted by Crippen LogP contribution is 2.28. The van der Waals surface area contributed by atoms with Crippen LogP contribution in [0.5, 0.6) is 0 Å². The van der Waals surface area contributed by atoms with Gasteiger partial charge in [0.05, 0.1) is 20.0 Å². The van der Waals surface area contributed by atoms with Crippen LogP contribution in [0.2, 0.25) is 0 Å². The van der Waals surface area contributed by atoms with Gasteiger partial charge in [0.25, 0.3) is 0 Å². The van der Waals surface area contributed by atoms with Crippen molar-refractivity contribution in [1.29, 1.82) is 0 Å². The van der Waals surface area contributed by atoms with Gasteiger partial charge in [0.1, 0.15) is 26.6 Å². The fourth-order valence-corrected chi connectivity index (χ4v) is 3.17. The lowest BCUT2D eigenvalue weighted by Crippen LogP contribution is -2.79. The largest absolute Gasteiger partial charge is 0.283 e. The molecule has 0 amide bonds. The third-order valence-corrected chi connectivity index (χ3v) is 3.46. The van der Waals surface area contributed by atoms with Gasteiger partial charge in [-0.3, -0.25) is 4.48 Å². The summed E-state index contributed by atoms with van der Waals surface area (Å²) in [6.45, 7) is 8.09. The highest BCUT2D eigenvalue weighted by Gasteiger charge is 2.47. The van der Waals surface area contributed by atoms with Crippen molar-refractivity contribution in [1.82, 2.24) is 14.7 Å². The van der Waals surface area contributed by atoms with Gasteiger partial charge in [-0.2, -0.15) is 0 Å². The van der Waals surface area contributed by atoms with Crippen molar-refractivity contribution in [3.05, 3.63) is 11.6 Å². The van der Waals surface area contributed by atoms with Gasteiger partial charge < -0.3 is 0 Å². The molecule has 15 heavy (non-hydrogen) atoms. The summed E-state index contributed by atoms with van der Waals surface area (Å²) in [4.78, 5) is 7.54. The molecule has 0 aliphatic carbocycles. The van der Waals surface area contributed by atoms with Crippen molar-refractivity contribution in [3.63, 3.8) is 0 Å². The number of quaternary nitrogens is 1. The predicted molar refractivity (Wildman–Crippen MR) is 62.1 cm³/mol. The van der Waals surface area contributed by atoms with E-state index in [9.17, 15) is 0 Å². The summed E-state index contributed by atoms with van der Waals surface area (Å²) in [6, 6.07) is 0. The molecule has 0 aromatic rings. The highest BCUT2D eigenvalue weighted by molar-refractivity contribution is 6.25. The Hall–Kier alpha value is 0.160. The molecule has 6 heteroatoms. The molecule has 4 heterocycles. The normalized spacial score (nSPS) is 47.1. The van der Waals surface area contributed by atoms with E-state index in [2.05, 4.69) is 20.8 Å². The first kappa shape index (κ1) is 11.6. The molecule has 4 saturated heterocycles. The third kappa shape index (κ3) is 2.02. The number of nitrogens with zero attached hydrogens (tertiary/aromatic N) is 4. The minimum Gasteiger partial charge on any atom is -0.283 e. The number of hydrogen-bond donors (Lipinski definition) is 0. The molecule has 86 valence electrons. The average molecular weight is 252 g/mol. The van der Waals surface area contributed by atoms with Gasteiger partial charge in [-0.05, 0) is 6.08 Å². The smallest absolute Gasteiger partial charge is 0.139 e. The summed E-state index contributed by atoms with van der Waals surface area (Å²) in [5.74, 6) is 0. The molecule has 0 aromatic heterocycles. The number of halogens is 2. The van der Waals surface area contributed by atoms with E-state index < -0.39 is 0 Å². The molecular weight excluding hydrogens is 235 g/mol. The fourth-order valence-electron chi connectivity index (χ4n) is 3.09. The topological polar surface area (TPSA) is 9.72 Å². The Balaban J connectivity index is 0.000000853. The van der Waals surface area contributed by atoms with Crippen LogP contribution in [0.15, 0.2) is 11.6 Å². The van der Waals surface area contributed by atoms with Gasteiger partial charge in [0.15, 0.2) is 0 Å². The number of hydrogen-bond acceptors (Lipinski definition) is 3. The molecule has 0 radical (unpaired) electrons. The van der Waals surface area contributed by atoms with E-state index >= 15 is 0 Å². The average Bonchev–Trinajstić information content (AvgIpc) is 2.12. The van der Waals surface area contributed by atoms with Crippen LogP contribution >= 0.6 is 24.0 Å². The first-order valence-corrected chi connectivity index (χ1v) is 5.51. The van der Waals surface area contributed by atoms with Gasteiger partial charge >= 0.3 is 0 Å².